The number of nitriles is 1. The van der Waals surface area contributed by atoms with E-state index in [4.69, 9.17) is 19.6 Å². The number of methoxy groups -OCH3 is 2. The van der Waals surface area contributed by atoms with Gasteiger partial charge in [0.05, 0.1) is 25.9 Å². The Bertz CT molecular complexity index is 388. The van der Waals surface area contributed by atoms with Gasteiger partial charge in [0.25, 0.3) is 0 Å². The van der Waals surface area contributed by atoms with E-state index in [2.05, 4.69) is 11.5 Å². The molecule has 1 aromatic carbocycles. The molecule has 0 atom stereocenters. The maximum Gasteiger partial charge on any atom is 0.136 e. The first-order chi connectivity index (χ1) is 8.31. The summed E-state index contributed by atoms with van der Waals surface area (Å²) in [5, 5.41) is 8.83. The molecule has 0 aliphatic rings. The quantitative estimate of drug-likeness (QED) is 0.570. The van der Waals surface area contributed by atoms with Crippen molar-refractivity contribution in [1.29, 1.82) is 5.26 Å². The Morgan fingerprint density at radius 3 is 2.76 bits per heavy atom. The standard InChI is InChI=1S/C12H16N2O3/c1-15-5-6-17-14-9-10-3-4-11(8-13)12(7-10)16-2/h3-4,7,14H,5-6,9H2,1-2H3. The Balaban J connectivity index is 2.47. The zero-order chi connectivity index (χ0) is 12.5. The van der Waals surface area contributed by atoms with Crippen LogP contribution in [0.4, 0.5) is 0 Å². The van der Waals surface area contributed by atoms with Crippen LogP contribution < -0.4 is 10.2 Å². The first-order valence-electron chi connectivity index (χ1n) is 5.22. The van der Waals surface area contributed by atoms with E-state index >= 15 is 0 Å². The van der Waals surface area contributed by atoms with Crippen LogP contribution in [-0.4, -0.2) is 27.4 Å². The molecule has 0 heterocycles. The fourth-order valence-electron chi connectivity index (χ4n) is 1.27. The molecule has 0 aliphatic carbocycles. The summed E-state index contributed by atoms with van der Waals surface area (Å²) < 4.78 is 9.95. The normalized spacial score (nSPS) is 9.94. The molecule has 0 bridgehead atoms. The molecule has 0 aromatic heterocycles. The number of ether oxygens (including phenoxy) is 2. The molecular weight excluding hydrogens is 220 g/mol. The minimum Gasteiger partial charge on any atom is -0.495 e. The lowest BCUT2D eigenvalue weighted by Gasteiger charge is -2.08. The van der Waals surface area contributed by atoms with Crippen LogP contribution >= 0.6 is 0 Å². The number of benzene rings is 1. The van der Waals surface area contributed by atoms with Gasteiger partial charge in [-0.3, -0.25) is 4.84 Å². The Kier molecular flexibility index (Phi) is 6.04. The molecule has 0 saturated heterocycles. The van der Waals surface area contributed by atoms with E-state index in [1.165, 1.54) is 0 Å². The number of rotatable bonds is 7. The first kappa shape index (κ1) is 13.5. The molecule has 0 radical (unpaired) electrons. The minimum absolute atomic E-state index is 0.490. The highest BCUT2D eigenvalue weighted by atomic mass is 16.7. The van der Waals surface area contributed by atoms with E-state index in [0.29, 0.717) is 31.1 Å². The number of hydrogen-bond donors (Lipinski definition) is 1. The molecule has 1 N–H and O–H groups in total. The lowest BCUT2D eigenvalue weighted by atomic mass is 10.1. The molecule has 0 aliphatic heterocycles. The molecule has 1 aromatic rings. The zero-order valence-electron chi connectivity index (χ0n) is 10.0. The third-order valence-corrected chi connectivity index (χ3v) is 2.15. The van der Waals surface area contributed by atoms with E-state index in [-0.39, 0.29) is 0 Å². The van der Waals surface area contributed by atoms with Crippen LogP contribution in [-0.2, 0) is 16.1 Å². The van der Waals surface area contributed by atoms with Gasteiger partial charge in [-0.2, -0.15) is 10.7 Å². The topological polar surface area (TPSA) is 63.5 Å². The highest BCUT2D eigenvalue weighted by molar-refractivity contribution is 5.45. The summed E-state index contributed by atoms with van der Waals surface area (Å²) in [6.07, 6.45) is 0. The van der Waals surface area contributed by atoms with Gasteiger partial charge in [-0.15, -0.1) is 0 Å². The van der Waals surface area contributed by atoms with Gasteiger partial charge in [0.2, 0.25) is 0 Å². The highest BCUT2D eigenvalue weighted by Gasteiger charge is 2.03. The Hall–Kier alpha value is -1.61. The van der Waals surface area contributed by atoms with Crippen LogP contribution in [0.15, 0.2) is 18.2 Å². The molecule has 0 spiro atoms. The van der Waals surface area contributed by atoms with Gasteiger partial charge in [-0.1, -0.05) is 6.07 Å². The lowest BCUT2D eigenvalue weighted by molar-refractivity contribution is 0.00345. The molecule has 0 amide bonds. The van der Waals surface area contributed by atoms with Crippen molar-refractivity contribution in [3.63, 3.8) is 0 Å². The second kappa shape index (κ2) is 7.63. The van der Waals surface area contributed by atoms with Crippen molar-refractivity contribution in [2.75, 3.05) is 27.4 Å². The van der Waals surface area contributed by atoms with Crippen molar-refractivity contribution in [1.82, 2.24) is 5.48 Å². The summed E-state index contributed by atoms with van der Waals surface area (Å²) in [7, 11) is 3.16. The summed E-state index contributed by atoms with van der Waals surface area (Å²) in [5.41, 5.74) is 4.32. The Labute approximate surface area is 101 Å². The molecule has 5 heteroatoms. The number of hydrogen-bond acceptors (Lipinski definition) is 5. The molecule has 92 valence electrons. The summed E-state index contributed by atoms with van der Waals surface area (Å²) in [5.74, 6) is 0.573. The summed E-state index contributed by atoms with van der Waals surface area (Å²) >= 11 is 0. The first-order valence-corrected chi connectivity index (χ1v) is 5.22. The summed E-state index contributed by atoms with van der Waals surface area (Å²) in [4.78, 5) is 5.13. The van der Waals surface area contributed by atoms with E-state index in [1.807, 2.05) is 12.1 Å². The third kappa shape index (κ3) is 4.41. The number of hydroxylamine groups is 1. The minimum atomic E-state index is 0.490. The monoisotopic (exact) mass is 236 g/mol. The van der Waals surface area contributed by atoms with Gasteiger partial charge in [0.15, 0.2) is 0 Å². The van der Waals surface area contributed by atoms with Gasteiger partial charge in [0.1, 0.15) is 11.8 Å². The molecule has 17 heavy (non-hydrogen) atoms. The molecule has 0 unspecified atom stereocenters. The molecule has 1 rings (SSSR count). The number of nitrogens with one attached hydrogen (secondary N) is 1. The van der Waals surface area contributed by atoms with Crippen molar-refractivity contribution in [2.24, 2.45) is 0 Å². The van der Waals surface area contributed by atoms with Crippen molar-refractivity contribution in [3.05, 3.63) is 29.3 Å². The van der Waals surface area contributed by atoms with Crippen molar-refractivity contribution in [2.45, 2.75) is 6.54 Å². The third-order valence-electron chi connectivity index (χ3n) is 2.15. The van der Waals surface area contributed by atoms with E-state index in [9.17, 15) is 0 Å². The maximum atomic E-state index is 8.83. The predicted molar refractivity (Wildman–Crippen MR) is 62.4 cm³/mol. The molecule has 5 nitrogen and oxygen atoms in total. The lowest BCUT2D eigenvalue weighted by Crippen LogP contribution is -2.17. The van der Waals surface area contributed by atoms with Crippen molar-refractivity contribution >= 4 is 0 Å². The summed E-state index contributed by atoms with van der Waals surface area (Å²) in [6, 6.07) is 7.46. The Morgan fingerprint density at radius 2 is 2.12 bits per heavy atom. The van der Waals surface area contributed by atoms with Gasteiger partial charge in [-0.25, -0.2) is 0 Å². The van der Waals surface area contributed by atoms with Crippen LogP contribution in [0.5, 0.6) is 5.75 Å². The average Bonchev–Trinajstić information content (AvgIpc) is 2.38. The molecular formula is C12H16N2O3. The highest BCUT2D eigenvalue weighted by Crippen LogP contribution is 2.18. The van der Waals surface area contributed by atoms with Crippen LogP contribution in [0.3, 0.4) is 0 Å². The van der Waals surface area contributed by atoms with Gasteiger partial charge in [-0.05, 0) is 17.7 Å². The van der Waals surface area contributed by atoms with Crippen LogP contribution in [0.1, 0.15) is 11.1 Å². The fraction of sp³-hybridized carbons (Fsp3) is 0.417. The van der Waals surface area contributed by atoms with E-state index in [1.54, 1.807) is 20.3 Å². The number of nitrogens with zero attached hydrogens (tertiary/aromatic N) is 1. The van der Waals surface area contributed by atoms with Crippen LogP contribution in [0.2, 0.25) is 0 Å². The average molecular weight is 236 g/mol. The fourth-order valence-corrected chi connectivity index (χ4v) is 1.27. The molecule has 0 saturated carbocycles. The van der Waals surface area contributed by atoms with Crippen LogP contribution in [0, 0.1) is 11.3 Å². The van der Waals surface area contributed by atoms with Gasteiger partial charge >= 0.3 is 0 Å². The summed E-state index contributed by atoms with van der Waals surface area (Å²) in [6.45, 7) is 1.58. The van der Waals surface area contributed by atoms with Gasteiger partial charge < -0.3 is 9.47 Å². The smallest absolute Gasteiger partial charge is 0.136 e. The zero-order valence-corrected chi connectivity index (χ0v) is 10.0. The van der Waals surface area contributed by atoms with E-state index < -0.39 is 0 Å². The second-order valence-corrected chi connectivity index (χ2v) is 3.31. The van der Waals surface area contributed by atoms with Crippen molar-refractivity contribution < 1.29 is 14.3 Å². The predicted octanol–water partition coefficient (Wildman–Crippen LogP) is 1.23. The second-order valence-electron chi connectivity index (χ2n) is 3.31. The maximum absolute atomic E-state index is 8.83. The van der Waals surface area contributed by atoms with E-state index in [0.717, 1.165) is 5.56 Å². The van der Waals surface area contributed by atoms with Crippen LogP contribution in [0.25, 0.3) is 0 Å². The SMILES string of the molecule is COCCONCc1ccc(C#N)c(OC)c1. The largest absolute Gasteiger partial charge is 0.495 e. The van der Waals surface area contributed by atoms with Crippen molar-refractivity contribution in [3.8, 4) is 11.8 Å². The Morgan fingerprint density at radius 1 is 1.29 bits per heavy atom. The molecule has 0 fully saturated rings. The van der Waals surface area contributed by atoms with Gasteiger partial charge in [0, 0.05) is 13.7 Å².